The Kier molecular flexibility index (Phi) is 4.62. The van der Waals surface area contributed by atoms with Crippen molar-refractivity contribution in [2.45, 2.75) is 17.9 Å². The van der Waals surface area contributed by atoms with Gasteiger partial charge < -0.3 is 10.8 Å². The van der Waals surface area contributed by atoms with Crippen molar-refractivity contribution in [3.05, 3.63) is 22.2 Å². The monoisotopic (exact) mass is 298 g/mol. The van der Waals surface area contributed by atoms with E-state index >= 15 is 0 Å². The Bertz CT molecular complexity index is 494. The molecule has 1 unspecified atom stereocenters. The Morgan fingerprint density at radius 3 is 2.53 bits per heavy atom. The molecule has 0 aromatic heterocycles. The molecule has 8 heteroatoms. The maximum atomic E-state index is 11.9. The second-order valence-electron chi connectivity index (χ2n) is 3.51. The van der Waals surface area contributed by atoms with Crippen molar-refractivity contribution < 1.29 is 13.5 Å². The molecule has 0 aliphatic heterocycles. The first kappa shape index (κ1) is 14.5. The lowest BCUT2D eigenvalue weighted by molar-refractivity contribution is 0.198. The number of anilines is 1. The Hall–Kier alpha value is -0.530. The highest BCUT2D eigenvalue weighted by Crippen LogP contribution is 2.30. The molecule has 1 rings (SSSR count). The molecule has 0 saturated heterocycles. The molecule has 0 spiro atoms. The van der Waals surface area contributed by atoms with Crippen molar-refractivity contribution in [2.24, 2.45) is 0 Å². The van der Waals surface area contributed by atoms with E-state index in [0.717, 1.165) is 0 Å². The van der Waals surface area contributed by atoms with Crippen molar-refractivity contribution in [3.63, 3.8) is 0 Å². The minimum Gasteiger partial charge on any atom is -0.398 e. The number of hydrogen-bond donors (Lipinski definition) is 3. The second kappa shape index (κ2) is 5.41. The van der Waals surface area contributed by atoms with E-state index in [2.05, 4.69) is 4.72 Å². The summed E-state index contributed by atoms with van der Waals surface area (Å²) in [7, 11) is -3.86. The van der Waals surface area contributed by atoms with Crippen molar-refractivity contribution in [3.8, 4) is 0 Å². The maximum Gasteiger partial charge on any atom is 0.244 e. The average molecular weight is 299 g/mol. The molecule has 0 fully saturated rings. The first-order valence-corrected chi connectivity index (χ1v) is 6.90. The zero-order valence-electron chi connectivity index (χ0n) is 8.94. The van der Waals surface area contributed by atoms with Crippen LogP contribution >= 0.6 is 23.2 Å². The van der Waals surface area contributed by atoms with Crippen LogP contribution in [-0.4, -0.2) is 26.2 Å². The van der Waals surface area contributed by atoms with Gasteiger partial charge in [0, 0.05) is 11.6 Å². The van der Waals surface area contributed by atoms with Gasteiger partial charge in [-0.15, -0.1) is 0 Å². The first-order chi connectivity index (χ1) is 7.74. The molecule has 0 radical (unpaired) electrons. The smallest absolute Gasteiger partial charge is 0.244 e. The van der Waals surface area contributed by atoms with E-state index in [1.54, 1.807) is 0 Å². The van der Waals surface area contributed by atoms with E-state index < -0.39 is 16.1 Å². The molecule has 5 nitrogen and oxygen atoms in total. The molecule has 0 bridgehead atoms. The van der Waals surface area contributed by atoms with Gasteiger partial charge in [-0.1, -0.05) is 23.2 Å². The molecular formula is C9H12Cl2N2O3S. The van der Waals surface area contributed by atoms with Crippen LogP contribution in [0, 0.1) is 0 Å². The van der Waals surface area contributed by atoms with Crippen molar-refractivity contribution in [2.75, 3.05) is 12.3 Å². The van der Waals surface area contributed by atoms with E-state index in [0.29, 0.717) is 0 Å². The number of aliphatic hydroxyl groups excluding tert-OH is 1. The van der Waals surface area contributed by atoms with Crippen molar-refractivity contribution in [1.29, 1.82) is 0 Å². The average Bonchev–Trinajstić information content (AvgIpc) is 2.12. The number of nitrogens with two attached hydrogens (primary N) is 1. The summed E-state index contributed by atoms with van der Waals surface area (Å²) in [4.78, 5) is -0.232. The normalized spacial score (nSPS) is 13.6. The summed E-state index contributed by atoms with van der Waals surface area (Å²) in [6.45, 7) is 1.33. The minimum atomic E-state index is -3.86. The molecule has 0 saturated carbocycles. The summed E-state index contributed by atoms with van der Waals surface area (Å²) in [5.74, 6) is 0. The number of aliphatic hydroxyl groups is 1. The molecule has 17 heavy (non-hydrogen) atoms. The van der Waals surface area contributed by atoms with E-state index in [1.165, 1.54) is 19.1 Å². The summed E-state index contributed by atoms with van der Waals surface area (Å²) in [5, 5.41) is 9.22. The number of hydrogen-bond acceptors (Lipinski definition) is 4. The quantitative estimate of drug-likeness (QED) is 0.729. The van der Waals surface area contributed by atoms with Gasteiger partial charge >= 0.3 is 0 Å². The fourth-order valence-corrected chi connectivity index (χ4v) is 3.27. The largest absolute Gasteiger partial charge is 0.398 e. The summed E-state index contributed by atoms with van der Waals surface area (Å²) >= 11 is 11.5. The van der Waals surface area contributed by atoms with Crippen molar-refractivity contribution in [1.82, 2.24) is 4.72 Å². The molecular weight excluding hydrogens is 287 g/mol. The summed E-state index contributed by atoms with van der Waals surface area (Å²) in [6, 6.07) is 2.58. The first-order valence-electron chi connectivity index (χ1n) is 4.66. The highest BCUT2D eigenvalue weighted by Gasteiger charge is 2.22. The highest BCUT2D eigenvalue weighted by atomic mass is 35.5. The highest BCUT2D eigenvalue weighted by molar-refractivity contribution is 7.89. The standard InChI is InChI=1S/C9H12Cl2N2O3S/c1-5(14)4-13-17(15,16)9-7(11)2-6(10)3-8(9)12/h2-3,5,13-14H,4,12H2,1H3. The lowest BCUT2D eigenvalue weighted by Crippen LogP contribution is -2.31. The van der Waals surface area contributed by atoms with Gasteiger partial charge in [0.25, 0.3) is 0 Å². The molecule has 0 aliphatic carbocycles. The van der Waals surface area contributed by atoms with Crippen LogP contribution in [0.2, 0.25) is 10.0 Å². The minimum absolute atomic E-state index is 0.0411. The summed E-state index contributed by atoms with van der Waals surface area (Å²) in [5.41, 5.74) is 5.52. The van der Waals surface area contributed by atoms with Crippen LogP contribution in [0.4, 0.5) is 5.69 Å². The number of benzene rings is 1. The lowest BCUT2D eigenvalue weighted by Gasteiger charge is -2.12. The zero-order chi connectivity index (χ0) is 13.2. The molecule has 0 amide bonds. The van der Waals surface area contributed by atoms with Gasteiger partial charge in [0.05, 0.1) is 16.8 Å². The summed E-state index contributed by atoms with van der Waals surface area (Å²) < 4.78 is 25.9. The van der Waals surface area contributed by atoms with Crippen molar-refractivity contribution >= 4 is 38.9 Å². The van der Waals surface area contributed by atoms with Gasteiger partial charge in [0.15, 0.2) is 0 Å². The second-order valence-corrected chi connectivity index (χ2v) is 6.05. The third-order valence-electron chi connectivity index (χ3n) is 1.87. The van der Waals surface area contributed by atoms with Crippen LogP contribution in [0.5, 0.6) is 0 Å². The Labute approximate surface area is 110 Å². The van der Waals surface area contributed by atoms with Gasteiger partial charge in [-0.25, -0.2) is 13.1 Å². The van der Waals surface area contributed by atoms with E-state index in [1.807, 2.05) is 0 Å². The van der Waals surface area contributed by atoms with Crippen LogP contribution in [0.1, 0.15) is 6.92 Å². The fourth-order valence-electron chi connectivity index (χ4n) is 1.17. The van der Waals surface area contributed by atoms with Crippen LogP contribution < -0.4 is 10.5 Å². The predicted octanol–water partition coefficient (Wildman–Crippen LogP) is 1.23. The Morgan fingerprint density at radius 2 is 2.06 bits per heavy atom. The van der Waals surface area contributed by atoms with Gasteiger partial charge in [0.1, 0.15) is 4.90 Å². The summed E-state index contributed by atoms with van der Waals surface area (Å²) in [6.07, 6.45) is -0.808. The molecule has 0 heterocycles. The molecule has 96 valence electrons. The Morgan fingerprint density at radius 1 is 1.47 bits per heavy atom. The van der Waals surface area contributed by atoms with E-state index in [-0.39, 0.29) is 27.2 Å². The van der Waals surface area contributed by atoms with Crippen LogP contribution in [-0.2, 0) is 10.0 Å². The third kappa shape index (κ3) is 3.72. The van der Waals surface area contributed by atoms with Gasteiger partial charge in [-0.2, -0.15) is 0 Å². The molecule has 4 N–H and O–H groups in total. The Balaban J connectivity index is 3.16. The van der Waals surface area contributed by atoms with E-state index in [4.69, 9.17) is 34.0 Å². The number of sulfonamides is 1. The molecule has 0 aliphatic rings. The van der Waals surface area contributed by atoms with E-state index in [9.17, 15) is 8.42 Å². The SMILES string of the molecule is CC(O)CNS(=O)(=O)c1c(N)cc(Cl)cc1Cl. The number of halogens is 2. The number of rotatable bonds is 4. The fraction of sp³-hybridized carbons (Fsp3) is 0.333. The molecule has 1 aromatic carbocycles. The lowest BCUT2D eigenvalue weighted by atomic mass is 10.3. The maximum absolute atomic E-state index is 11.9. The van der Waals surface area contributed by atoms with Crippen LogP contribution in [0.3, 0.4) is 0 Å². The third-order valence-corrected chi connectivity index (χ3v) is 4.04. The number of nitrogens with one attached hydrogen (secondary N) is 1. The van der Waals surface area contributed by atoms with Gasteiger partial charge in [0.2, 0.25) is 10.0 Å². The van der Waals surface area contributed by atoms with Crippen LogP contribution in [0.25, 0.3) is 0 Å². The van der Waals surface area contributed by atoms with Crippen LogP contribution in [0.15, 0.2) is 17.0 Å². The number of nitrogen functional groups attached to an aromatic ring is 1. The zero-order valence-corrected chi connectivity index (χ0v) is 11.3. The molecule has 1 aromatic rings. The predicted molar refractivity (Wildman–Crippen MR) is 67.7 cm³/mol. The molecule has 1 atom stereocenters. The topological polar surface area (TPSA) is 92.4 Å². The van der Waals surface area contributed by atoms with Gasteiger partial charge in [-0.05, 0) is 19.1 Å². The van der Waals surface area contributed by atoms with Gasteiger partial charge in [-0.3, -0.25) is 0 Å².